The van der Waals surface area contributed by atoms with Crippen LogP contribution in [0.1, 0.15) is 33.4 Å². The molecule has 0 saturated heterocycles. The van der Waals surface area contributed by atoms with Gasteiger partial charge in [-0.15, -0.1) is 22.9 Å². The standard InChI is InChI=1S/C10H15ClN2OS/c1-6(11)8(14)13-9-12-7(5-15-9)10(2,3)4/h5-6H,1-4H3,(H,12,13,14). The number of hydrogen-bond acceptors (Lipinski definition) is 3. The summed E-state index contributed by atoms with van der Waals surface area (Å²) in [5.74, 6) is -0.216. The lowest BCUT2D eigenvalue weighted by atomic mass is 9.93. The summed E-state index contributed by atoms with van der Waals surface area (Å²) in [6.07, 6.45) is 0. The van der Waals surface area contributed by atoms with Crippen LogP contribution in [0.4, 0.5) is 5.13 Å². The van der Waals surface area contributed by atoms with Crippen LogP contribution in [0.15, 0.2) is 5.38 Å². The van der Waals surface area contributed by atoms with Crippen LogP contribution in [-0.4, -0.2) is 16.3 Å². The Hall–Kier alpha value is -0.610. The van der Waals surface area contributed by atoms with E-state index in [2.05, 4.69) is 31.1 Å². The Bertz CT molecular complexity index is 355. The van der Waals surface area contributed by atoms with E-state index in [1.54, 1.807) is 6.92 Å². The summed E-state index contributed by atoms with van der Waals surface area (Å²) in [6, 6.07) is 0. The zero-order valence-corrected chi connectivity index (χ0v) is 10.9. The van der Waals surface area contributed by atoms with Crippen LogP contribution in [0.3, 0.4) is 0 Å². The highest BCUT2D eigenvalue weighted by Gasteiger charge is 2.18. The third-order valence-corrected chi connectivity index (χ3v) is 2.82. The van der Waals surface area contributed by atoms with Crippen LogP contribution < -0.4 is 5.32 Å². The van der Waals surface area contributed by atoms with E-state index in [9.17, 15) is 4.79 Å². The molecule has 0 aromatic carbocycles. The van der Waals surface area contributed by atoms with Crippen LogP contribution in [0, 0.1) is 0 Å². The highest BCUT2D eigenvalue weighted by molar-refractivity contribution is 7.14. The van der Waals surface area contributed by atoms with Gasteiger partial charge in [0, 0.05) is 10.8 Å². The first-order valence-corrected chi connectivity index (χ1v) is 6.03. The number of carbonyl (C=O) groups is 1. The van der Waals surface area contributed by atoms with Gasteiger partial charge in [-0.05, 0) is 6.92 Å². The molecule has 0 spiro atoms. The average Bonchev–Trinajstić information content (AvgIpc) is 2.51. The van der Waals surface area contributed by atoms with Crippen LogP contribution in [-0.2, 0) is 10.2 Å². The van der Waals surface area contributed by atoms with Crippen molar-refractivity contribution in [2.75, 3.05) is 5.32 Å². The van der Waals surface area contributed by atoms with E-state index < -0.39 is 5.38 Å². The van der Waals surface area contributed by atoms with Crippen molar-refractivity contribution in [1.82, 2.24) is 4.98 Å². The fourth-order valence-electron chi connectivity index (χ4n) is 0.880. The Morgan fingerprint density at radius 2 is 2.20 bits per heavy atom. The number of anilines is 1. The molecule has 1 rings (SSSR count). The fraction of sp³-hybridized carbons (Fsp3) is 0.600. The van der Waals surface area contributed by atoms with Gasteiger partial charge in [0.1, 0.15) is 5.38 Å². The molecule has 0 aliphatic heterocycles. The van der Waals surface area contributed by atoms with E-state index in [1.807, 2.05) is 5.38 Å². The Kier molecular flexibility index (Phi) is 3.73. The minimum Gasteiger partial charge on any atom is -0.301 e. The molecule has 5 heteroatoms. The van der Waals surface area contributed by atoms with Crippen LogP contribution in [0.25, 0.3) is 0 Å². The molecule has 1 unspecified atom stereocenters. The maximum atomic E-state index is 11.3. The Labute approximate surface area is 98.9 Å². The van der Waals surface area contributed by atoms with E-state index in [0.29, 0.717) is 5.13 Å². The molecule has 1 N–H and O–H groups in total. The molecule has 3 nitrogen and oxygen atoms in total. The number of nitrogens with one attached hydrogen (secondary N) is 1. The molecule has 1 aromatic heterocycles. The van der Waals surface area contributed by atoms with Crippen LogP contribution in [0.5, 0.6) is 0 Å². The number of nitrogens with zero attached hydrogens (tertiary/aromatic N) is 1. The quantitative estimate of drug-likeness (QED) is 0.816. The van der Waals surface area contributed by atoms with Gasteiger partial charge < -0.3 is 5.32 Å². The molecule has 0 aliphatic carbocycles. The Balaban J connectivity index is 2.73. The van der Waals surface area contributed by atoms with Crippen molar-refractivity contribution in [2.45, 2.75) is 38.5 Å². The predicted molar refractivity (Wildman–Crippen MR) is 64.8 cm³/mol. The van der Waals surface area contributed by atoms with E-state index in [4.69, 9.17) is 11.6 Å². The summed E-state index contributed by atoms with van der Waals surface area (Å²) < 4.78 is 0. The second-order valence-electron chi connectivity index (χ2n) is 4.39. The van der Waals surface area contributed by atoms with Gasteiger partial charge in [0.2, 0.25) is 5.91 Å². The zero-order valence-electron chi connectivity index (χ0n) is 9.30. The molecule has 1 amide bonds. The summed E-state index contributed by atoms with van der Waals surface area (Å²) in [5.41, 5.74) is 0.983. The van der Waals surface area contributed by atoms with E-state index in [0.717, 1.165) is 5.69 Å². The predicted octanol–water partition coefficient (Wildman–Crippen LogP) is 3.01. The van der Waals surface area contributed by atoms with Crippen molar-refractivity contribution in [1.29, 1.82) is 0 Å². The van der Waals surface area contributed by atoms with E-state index in [1.165, 1.54) is 11.3 Å². The lowest BCUT2D eigenvalue weighted by Gasteiger charge is -2.14. The monoisotopic (exact) mass is 246 g/mol. The number of thiazole rings is 1. The third kappa shape index (κ3) is 3.47. The average molecular weight is 247 g/mol. The molecule has 1 heterocycles. The molecular weight excluding hydrogens is 232 g/mol. The highest BCUT2D eigenvalue weighted by atomic mass is 35.5. The van der Waals surface area contributed by atoms with Gasteiger partial charge in [-0.1, -0.05) is 20.8 Å². The number of carbonyl (C=O) groups excluding carboxylic acids is 1. The smallest absolute Gasteiger partial charge is 0.243 e. The maximum Gasteiger partial charge on any atom is 0.243 e. The van der Waals surface area contributed by atoms with Crippen molar-refractivity contribution in [3.63, 3.8) is 0 Å². The van der Waals surface area contributed by atoms with Crippen molar-refractivity contribution in [3.05, 3.63) is 11.1 Å². The van der Waals surface area contributed by atoms with Gasteiger partial charge >= 0.3 is 0 Å². The van der Waals surface area contributed by atoms with Gasteiger partial charge in [0.05, 0.1) is 5.69 Å². The second kappa shape index (κ2) is 4.49. The summed E-state index contributed by atoms with van der Waals surface area (Å²) >= 11 is 7.06. The SMILES string of the molecule is CC(Cl)C(=O)Nc1nc(C(C)(C)C)cs1. The Morgan fingerprint density at radius 3 is 2.60 bits per heavy atom. The highest BCUT2D eigenvalue weighted by Crippen LogP contribution is 2.26. The van der Waals surface area contributed by atoms with Crippen LogP contribution in [0.2, 0.25) is 0 Å². The number of aromatic nitrogens is 1. The molecule has 0 saturated carbocycles. The second-order valence-corrected chi connectivity index (χ2v) is 5.91. The number of rotatable bonds is 2. The summed E-state index contributed by atoms with van der Waals surface area (Å²) in [6.45, 7) is 7.88. The van der Waals surface area contributed by atoms with E-state index >= 15 is 0 Å². The van der Waals surface area contributed by atoms with E-state index in [-0.39, 0.29) is 11.3 Å². The van der Waals surface area contributed by atoms with Crippen molar-refractivity contribution in [2.24, 2.45) is 0 Å². The minimum absolute atomic E-state index is 0.00601. The molecule has 0 radical (unpaired) electrons. The van der Waals surface area contributed by atoms with Gasteiger partial charge in [-0.3, -0.25) is 4.79 Å². The zero-order chi connectivity index (χ0) is 11.6. The Morgan fingerprint density at radius 1 is 1.60 bits per heavy atom. The first-order valence-electron chi connectivity index (χ1n) is 4.71. The molecule has 0 fully saturated rings. The topological polar surface area (TPSA) is 42.0 Å². The molecule has 84 valence electrons. The number of halogens is 1. The largest absolute Gasteiger partial charge is 0.301 e. The molecule has 1 aromatic rings. The fourth-order valence-corrected chi connectivity index (χ4v) is 1.88. The molecular formula is C10H15ClN2OS. The summed E-state index contributed by atoms with van der Waals surface area (Å²) in [7, 11) is 0. The van der Waals surface area contributed by atoms with Crippen LogP contribution >= 0.6 is 22.9 Å². The van der Waals surface area contributed by atoms with Crippen molar-refractivity contribution >= 4 is 34.0 Å². The normalized spacial score (nSPS) is 13.7. The van der Waals surface area contributed by atoms with Gasteiger partial charge in [-0.25, -0.2) is 4.98 Å². The first kappa shape index (κ1) is 12.5. The van der Waals surface area contributed by atoms with Crippen molar-refractivity contribution in [3.8, 4) is 0 Å². The third-order valence-electron chi connectivity index (χ3n) is 1.86. The molecule has 15 heavy (non-hydrogen) atoms. The number of hydrogen-bond donors (Lipinski definition) is 1. The van der Waals surface area contributed by atoms with Gasteiger partial charge in [0.25, 0.3) is 0 Å². The lowest BCUT2D eigenvalue weighted by molar-refractivity contribution is -0.115. The molecule has 0 bridgehead atoms. The first-order chi connectivity index (χ1) is 6.80. The van der Waals surface area contributed by atoms with Crippen molar-refractivity contribution < 1.29 is 4.79 Å². The summed E-state index contributed by atoms with van der Waals surface area (Å²) in [5, 5.41) is 4.70. The van der Waals surface area contributed by atoms with Gasteiger partial charge in [-0.2, -0.15) is 0 Å². The summed E-state index contributed by atoms with van der Waals surface area (Å²) in [4.78, 5) is 15.6. The minimum atomic E-state index is -0.535. The maximum absolute atomic E-state index is 11.3. The molecule has 0 aliphatic rings. The molecule has 1 atom stereocenters. The number of alkyl halides is 1. The number of amides is 1. The van der Waals surface area contributed by atoms with Gasteiger partial charge in [0.15, 0.2) is 5.13 Å². The lowest BCUT2D eigenvalue weighted by Crippen LogP contribution is -2.20.